The lowest BCUT2D eigenvalue weighted by Crippen LogP contribution is -2.54. The first-order valence-electron chi connectivity index (χ1n) is 9.02. The molecule has 1 saturated heterocycles. The normalized spacial score (nSPS) is 23.6. The highest BCUT2D eigenvalue weighted by Crippen LogP contribution is 2.26. The lowest BCUT2D eigenvalue weighted by atomic mass is 10.1. The smallest absolute Gasteiger partial charge is 0.254 e. The van der Waals surface area contributed by atoms with Crippen molar-refractivity contribution in [1.82, 2.24) is 9.80 Å². The molecule has 1 aromatic rings. The molecule has 3 rings (SSSR count). The molecule has 0 radical (unpaired) electrons. The minimum Gasteiger partial charge on any atom is -0.755 e. The zero-order valence-electron chi connectivity index (χ0n) is 14.6. The Hall–Kier alpha value is -1.44. The second-order valence-electron chi connectivity index (χ2n) is 7.17. The van der Waals surface area contributed by atoms with Crippen LogP contribution in [-0.4, -0.2) is 56.7 Å². The Labute approximate surface area is 152 Å². The number of carbonyl (C=O) groups excluding carboxylic acids is 1. The Morgan fingerprint density at radius 2 is 1.92 bits per heavy atom. The summed E-state index contributed by atoms with van der Waals surface area (Å²) < 4.78 is 23.6. The van der Waals surface area contributed by atoms with Crippen molar-refractivity contribution in [1.29, 1.82) is 0 Å². The Morgan fingerprint density at radius 1 is 1.24 bits per heavy atom. The van der Waals surface area contributed by atoms with Crippen molar-refractivity contribution in [2.45, 2.75) is 38.6 Å². The summed E-state index contributed by atoms with van der Waals surface area (Å²) >= 11 is -2.35. The van der Waals surface area contributed by atoms with E-state index in [1.54, 1.807) is 24.3 Å². The van der Waals surface area contributed by atoms with Gasteiger partial charge in [0.2, 0.25) is 0 Å². The van der Waals surface area contributed by atoms with E-state index in [-0.39, 0.29) is 11.9 Å². The van der Waals surface area contributed by atoms with Crippen molar-refractivity contribution in [2.24, 2.45) is 5.92 Å². The SMILES string of the molecule is C[C@@H]1CN(CC2CCCC2)CCN1C(=O)c1ccc(NS(=O)[O-])cc1. The van der Waals surface area contributed by atoms with E-state index in [2.05, 4.69) is 16.5 Å². The molecule has 0 aromatic heterocycles. The first kappa shape index (κ1) is 18.4. The Bertz CT molecular complexity index is 616. The molecule has 1 saturated carbocycles. The number of nitrogens with one attached hydrogen (secondary N) is 1. The summed E-state index contributed by atoms with van der Waals surface area (Å²) in [6.45, 7) is 5.88. The van der Waals surface area contributed by atoms with Gasteiger partial charge in [0, 0.05) is 54.7 Å². The fourth-order valence-corrected chi connectivity index (χ4v) is 4.33. The third-order valence-corrected chi connectivity index (χ3v) is 5.70. The fraction of sp³-hybridized carbons (Fsp3) is 0.611. The number of hydrogen-bond acceptors (Lipinski definition) is 4. The predicted octanol–water partition coefficient (Wildman–Crippen LogP) is 2.23. The van der Waals surface area contributed by atoms with Crippen molar-refractivity contribution in [3.8, 4) is 0 Å². The third-order valence-electron chi connectivity index (χ3n) is 5.30. The summed E-state index contributed by atoms with van der Waals surface area (Å²) in [5, 5.41) is 0. The maximum atomic E-state index is 12.8. The lowest BCUT2D eigenvalue weighted by Gasteiger charge is -2.40. The average Bonchev–Trinajstić information content (AvgIpc) is 3.07. The summed E-state index contributed by atoms with van der Waals surface area (Å²) in [4.78, 5) is 17.2. The minimum absolute atomic E-state index is 0.0165. The molecule has 2 atom stereocenters. The van der Waals surface area contributed by atoms with E-state index in [1.165, 1.54) is 32.2 Å². The number of nitrogens with zero attached hydrogens (tertiary/aromatic N) is 2. The number of anilines is 1. The van der Waals surface area contributed by atoms with E-state index in [0.717, 1.165) is 25.6 Å². The van der Waals surface area contributed by atoms with Crippen LogP contribution in [0.25, 0.3) is 0 Å². The van der Waals surface area contributed by atoms with Crippen LogP contribution in [0.1, 0.15) is 43.0 Å². The van der Waals surface area contributed by atoms with Gasteiger partial charge in [-0.3, -0.25) is 13.9 Å². The first-order chi connectivity index (χ1) is 12.0. The molecule has 25 heavy (non-hydrogen) atoms. The number of benzene rings is 1. The van der Waals surface area contributed by atoms with Crippen molar-refractivity contribution in [3.05, 3.63) is 29.8 Å². The molecule has 1 heterocycles. The Kier molecular flexibility index (Phi) is 6.09. The zero-order valence-corrected chi connectivity index (χ0v) is 15.5. The van der Waals surface area contributed by atoms with Crippen LogP contribution < -0.4 is 4.72 Å². The van der Waals surface area contributed by atoms with E-state index >= 15 is 0 Å². The van der Waals surface area contributed by atoms with Gasteiger partial charge in [0.05, 0.1) is 0 Å². The van der Waals surface area contributed by atoms with Gasteiger partial charge in [-0.15, -0.1) is 0 Å². The van der Waals surface area contributed by atoms with Crippen LogP contribution in [0, 0.1) is 5.92 Å². The average molecular weight is 364 g/mol. The van der Waals surface area contributed by atoms with Gasteiger partial charge in [0.15, 0.2) is 0 Å². The zero-order chi connectivity index (χ0) is 17.8. The van der Waals surface area contributed by atoms with Crippen molar-refractivity contribution < 1.29 is 13.6 Å². The summed E-state index contributed by atoms with van der Waals surface area (Å²) in [6.07, 6.45) is 5.43. The van der Waals surface area contributed by atoms with Crippen LogP contribution in [0.15, 0.2) is 24.3 Å². The molecule has 1 N–H and O–H groups in total. The van der Waals surface area contributed by atoms with Gasteiger partial charge in [-0.1, -0.05) is 12.8 Å². The number of carbonyl (C=O) groups is 1. The maximum absolute atomic E-state index is 12.8. The standard InChI is InChI=1S/C18H27N3O3S/c1-14-12-20(13-15-4-2-3-5-15)10-11-21(14)18(22)16-6-8-17(9-7-16)19-25(23)24/h6-9,14-15,19H,2-5,10-13H2,1H3,(H,23,24)/p-1/t14-/m1/s1. The molecule has 7 heteroatoms. The molecule has 6 nitrogen and oxygen atoms in total. The quantitative estimate of drug-likeness (QED) is 0.813. The van der Waals surface area contributed by atoms with Gasteiger partial charge in [-0.2, -0.15) is 0 Å². The van der Waals surface area contributed by atoms with Crippen LogP contribution >= 0.6 is 0 Å². The van der Waals surface area contributed by atoms with Crippen molar-refractivity contribution >= 4 is 22.9 Å². The van der Waals surface area contributed by atoms with Gasteiger partial charge in [0.25, 0.3) is 5.91 Å². The highest BCUT2D eigenvalue weighted by atomic mass is 32.2. The van der Waals surface area contributed by atoms with Crippen molar-refractivity contribution in [3.63, 3.8) is 0 Å². The molecule has 0 bridgehead atoms. The number of hydrogen-bond donors (Lipinski definition) is 1. The molecule has 0 spiro atoms. The summed E-state index contributed by atoms with van der Waals surface area (Å²) in [5.74, 6) is 0.851. The van der Waals surface area contributed by atoms with Crippen LogP contribution in [0.2, 0.25) is 0 Å². The molecule has 1 aliphatic carbocycles. The van der Waals surface area contributed by atoms with Crippen molar-refractivity contribution in [2.75, 3.05) is 30.9 Å². The highest BCUT2D eigenvalue weighted by Gasteiger charge is 2.29. The minimum atomic E-state index is -2.35. The Balaban J connectivity index is 1.56. The van der Waals surface area contributed by atoms with Crippen LogP contribution in [0.3, 0.4) is 0 Å². The maximum Gasteiger partial charge on any atom is 0.254 e. The topological polar surface area (TPSA) is 75.7 Å². The molecule has 2 fully saturated rings. The van der Waals surface area contributed by atoms with Crippen LogP contribution in [-0.2, 0) is 11.3 Å². The largest absolute Gasteiger partial charge is 0.755 e. The van der Waals surface area contributed by atoms with Gasteiger partial charge >= 0.3 is 0 Å². The predicted molar refractivity (Wildman–Crippen MR) is 97.9 cm³/mol. The second kappa shape index (κ2) is 8.29. The molecule has 138 valence electrons. The second-order valence-corrected chi connectivity index (χ2v) is 7.85. The summed E-state index contributed by atoms with van der Waals surface area (Å²) in [5.41, 5.74) is 1.05. The van der Waals surface area contributed by atoms with E-state index in [1.807, 2.05) is 4.90 Å². The van der Waals surface area contributed by atoms with E-state index < -0.39 is 11.3 Å². The van der Waals surface area contributed by atoms with Gasteiger partial charge in [-0.25, -0.2) is 0 Å². The molecule has 1 aliphatic heterocycles. The molecule has 1 amide bonds. The number of rotatable bonds is 5. The highest BCUT2D eigenvalue weighted by molar-refractivity contribution is 7.80. The van der Waals surface area contributed by atoms with E-state index in [9.17, 15) is 13.6 Å². The molecule has 1 aromatic carbocycles. The van der Waals surface area contributed by atoms with Gasteiger partial charge in [0.1, 0.15) is 0 Å². The lowest BCUT2D eigenvalue weighted by molar-refractivity contribution is 0.0461. The monoisotopic (exact) mass is 364 g/mol. The first-order valence-corrected chi connectivity index (χ1v) is 10.1. The molecular weight excluding hydrogens is 338 g/mol. The third kappa shape index (κ3) is 4.80. The van der Waals surface area contributed by atoms with E-state index in [0.29, 0.717) is 11.3 Å². The van der Waals surface area contributed by atoms with Crippen LogP contribution in [0.4, 0.5) is 5.69 Å². The fourth-order valence-electron chi connectivity index (χ4n) is 4.00. The molecular formula is C18H26N3O3S-. The summed E-state index contributed by atoms with van der Waals surface area (Å²) in [7, 11) is 0. The number of piperazine rings is 1. The van der Waals surface area contributed by atoms with Gasteiger partial charge in [-0.05, 0) is 49.9 Å². The van der Waals surface area contributed by atoms with Gasteiger partial charge < -0.3 is 14.2 Å². The number of amides is 1. The van der Waals surface area contributed by atoms with E-state index in [4.69, 9.17) is 0 Å². The Morgan fingerprint density at radius 3 is 2.52 bits per heavy atom. The summed E-state index contributed by atoms with van der Waals surface area (Å²) in [6, 6.07) is 6.77. The molecule has 2 aliphatic rings. The van der Waals surface area contributed by atoms with Crippen LogP contribution in [0.5, 0.6) is 0 Å². The molecule has 1 unspecified atom stereocenters.